The molecule has 2 heterocycles. The van der Waals surface area contributed by atoms with Gasteiger partial charge in [0.2, 0.25) is 0 Å². The van der Waals surface area contributed by atoms with Crippen molar-refractivity contribution in [2.24, 2.45) is 0 Å². The Hall–Kier alpha value is -2.33. The summed E-state index contributed by atoms with van der Waals surface area (Å²) in [7, 11) is 1.71. The summed E-state index contributed by atoms with van der Waals surface area (Å²) in [4.78, 5) is 4.29. The molecule has 0 bridgehead atoms. The minimum atomic E-state index is 0.312. The fraction of sp³-hybridized carbons (Fsp3) is 0.278. The van der Waals surface area contributed by atoms with Crippen LogP contribution in [0, 0.1) is 0 Å². The Kier molecular flexibility index (Phi) is 4.11. The summed E-state index contributed by atoms with van der Waals surface area (Å²) in [5.41, 5.74) is 4.41. The predicted octanol–water partition coefficient (Wildman–Crippen LogP) is 3.68. The molecule has 4 heteroatoms. The molecular formula is C18H21N3O. The van der Waals surface area contributed by atoms with Crippen LogP contribution in [0.4, 0.5) is 0 Å². The van der Waals surface area contributed by atoms with Gasteiger partial charge in [0, 0.05) is 35.8 Å². The van der Waals surface area contributed by atoms with Crippen molar-refractivity contribution >= 4 is 5.65 Å². The molecule has 0 saturated heterocycles. The molecule has 3 aromatic rings. The van der Waals surface area contributed by atoms with Gasteiger partial charge in [-0.25, -0.2) is 4.98 Å². The van der Waals surface area contributed by atoms with Crippen LogP contribution in [0.25, 0.3) is 16.8 Å². The number of hydrogen-bond donors (Lipinski definition) is 1. The summed E-state index contributed by atoms with van der Waals surface area (Å²) in [5, 5.41) is 3.45. The summed E-state index contributed by atoms with van der Waals surface area (Å²) in [6.45, 7) is 5.24. The highest BCUT2D eigenvalue weighted by molar-refractivity contribution is 5.72. The van der Waals surface area contributed by atoms with E-state index in [4.69, 9.17) is 4.74 Å². The fourth-order valence-electron chi connectivity index (χ4n) is 2.72. The average molecular weight is 295 g/mol. The molecule has 2 aromatic heterocycles. The van der Waals surface area contributed by atoms with Gasteiger partial charge < -0.3 is 14.5 Å². The molecule has 3 rings (SSSR count). The molecule has 0 amide bonds. The third kappa shape index (κ3) is 2.70. The summed E-state index contributed by atoms with van der Waals surface area (Å²) in [5.74, 6) is 0.881. The third-order valence-electron chi connectivity index (χ3n) is 3.93. The zero-order chi connectivity index (χ0) is 15.5. The molecule has 0 radical (unpaired) electrons. The molecule has 1 aromatic carbocycles. The Morgan fingerprint density at radius 2 is 2.14 bits per heavy atom. The van der Waals surface area contributed by atoms with Crippen LogP contribution >= 0.6 is 0 Å². The second kappa shape index (κ2) is 6.20. The van der Waals surface area contributed by atoms with Crippen molar-refractivity contribution in [2.45, 2.75) is 19.9 Å². The highest BCUT2D eigenvalue weighted by atomic mass is 16.5. The standard InChI is InChI=1S/C18H21N3O/c1-4-19-13(2)14-5-7-17(22-3)16(11-14)15-6-8-18-20-9-10-21(18)12-15/h5-13,19H,4H2,1-3H3/t13-/m1/s1. The minimum Gasteiger partial charge on any atom is -0.496 e. The number of benzene rings is 1. The molecule has 0 spiro atoms. The van der Waals surface area contributed by atoms with E-state index >= 15 is 0 Å². The van der Waals surface area contributed by atoms with E-state index in [0.29, 0.717) is 6.04 Å². The average Bonchev–Trinajstić information content (AvgIpc) is 3.02. The van der Waals surface area contributed by atoms with Crippen LogP contribution in [0.15, 0.2) is 48.9 Å². The molecule has 0 aliphatic heterocycles. The lowest BCUT2D eigenvalue weighted by Crippen LogP contribution is -2.17. The maximum absolute atomic E-state index is 5.54. The highest BCUT2D eigenvalue weighted by Crippen LogP contribution is 2.32. The van der Waals surface area contributed by atoms with Crippen molar-refractivity contribution in [3.63, 3.8) is 0 Å². The topological polar surface area (TPSA) is 38.6 Å². The second-order valence-corrected chi connectivity index (χ2v) is 5.35. The number of aromatic nitrogens is 2. The molecule has 4 nitrogen and oxygen atoms in total. The van der Waals surface area contributed by atoms with Crippen molar-refractivity contribution in [1.29, 1.82) is 0 Å². The zero-order valence-corrected chi connectivity index (χ0v) is 13.2. The number of methoxy groups -OCH3 is 1. The molecule has 0 aliphatic rings. The van der Waals surface area contributed by atoms with Gasteiger partial charge in [-0.15, -0.1) is 0 Å². The number of hydrogen-bond acceptors (Lipinski definition) is 3. The molecule has 0 fully saturated rings. The fourth-order valence-corrected chi connectivity index (χ4v) is 2.72. The van der Waals surface area contributed by atoms with Gasteiger partial charge in [-0.1, -0.05) is 13.0 Å². The van der Waals surface area contributed by atoms with Gasteiger partial charge in [0.15, 0.2) is 0 Å². The number of nitrogens with one attached hydrogen (secondary N) is 1. The highest BCUT2D eigenvalue weighted by Gasteiger charge is 2.11. The van der Waals surface area contributed by atoms with Crippen LogP contribution in [0.3, 0.4) is 0 Å². The predicted molar refractivity (Wildman–Crippen MR) is 89.3 cm³/mol. The number of rotatable bonds is 5. The van der Waals surface area contributed by atoms with Crippen molar-refractivity contribution < 1.29 is 4.74 Å². The maximum atomic E-state index is 5.54. The summed E-state index contributed by atoms with van der Waals surface area (Å²) < 4.78 is 7.57. The number of ether oxygens (including phenoxy) is 1. The van der Waals surface area contributed by atoms with Crippen molar-refractivity contribution in [2.75, 3.05) is 13.7 Å². The van der Waals surface area contributed by atoms with E-state index < -0.39 is 0 Å². The molecule has 114 valence electrons. The summed E-state index contributed by atoms with van der Waals surface area (Å²) in [6.07, 6.45) is 5.85. The van der Waals surface area contributed by atoms with Crippen LogP contribution in [0.5, 0.6) is 5.75 Å². The molecule has 0 unspecified atom stereocenters. The van der Waals surface area contributed by atoms with Crippen LogP contribution in [-0.4, -0.2) is 23.0 Å². The number of nitrogens with zero attached hydrogens (tertiary/aromatic N) is 2. The molecule has 0 saturated carbocycles. The number of pyridine rings is 1. The van der Waals surface area contributed by atoms with Gasteiger partial charge in [0.1, 0.15) is 11.4 Å². The van der Waals surface area contributed by atoms with Gasteiger partial charge in [-0.2, -0.15) is 0 Å². The lowest BCUT2D eigenvalue weighted by atomic mass is 10.00. The Labute approximate surface area is 130 Å². The van der Waals surface area contributed by atoms with E-state index in [1.165, 1.54) is 5.56 Å². The first kappa shape index (κ1) is 14.6. The summed E-state index contributed by atoms with van der Waals surface area (Å²) >= 11 is 0. The van der Waals surface area contributed by atoms with E-state index in [9.17, 15) is 0 Å². The Balaban J connectivity index is 2.08. The minimum absolute atomic E-state index is 0.312. The Morgan fingerprint density at radius 3 is 2.91 bits per heavy atom. The third-order valence-corrected chi connectivity index (χ3v) is 3.93. The quantitative estimate of drug-likeness (QED) is 0.780. The van der Waals surface area contributed by atoms with Gasteiger partial charge in [0.25, 0.3) is 0 Å². The van der Waals surface area contributed by atoms with Gasteiger partial charge in [-0.3, -0.25) is 0 Å². The first-order valence-corrected chi connectivity index (χ1v) is 7.57. The molecule has 0 aliphatic carbocycles. The SMILES string of the molecule is CCN[C@H](C)c1ccc(OC)c(-c2ccc3nccn3c2)c1. The first-order valence-electron chi connectivity index (χ1n) is 7.57. The lowest BCUT2D eigenvalue weighted by Gasteiger charge is -2.16. The summed E-state index contributed by atoms with van der Waals surface area (Å²) in [6, 6.07) is 10.8. The van der Waals surface area contributed by atoms with Crippen LogP contribution in [0.2, 0.25) is 0 Å². The van der Waals surface area contributed by atoms with E-state index in [1.54, 1.807) is 13.3 Å². The van der Waals surface area contributed by atoms with E-state index in [1.807, 2.05) is 22.7 Å². The molecule has 22 heavy (non-hydrogen) atoms. The van der Waals surface area contributed by atoms with Gasteiger partial charge in [0.05, 0.1) is 7.11 Å². The monoisotopic (exact) mass is 295 g/mol. The normalized spacial score (nSPS) is 12.5. The van der Waals surface area contributed by atoms with Crippen molar-refractivity contribution in [3.05, 3.63) is 54.5 Å². The largest absolute Gasteiger partial charge is 0.496 e. The Morgan fingerprint density at radius 1 is 1.27 bits per heavy atom. The van der Waals surface area contributed by atoms with E-state index in [0.717, 1.165) is 29.1 Å². The second-order valence-electron chi connectivity index (χ2n) is 5.35. The molecule has 1 N–H and O–H groups in total. The van der Waals surface area contributed by atoms with E-state index in [2.05, 4.69) is 48.5 Å². The number of fused-ring (bicyclic) bond motifs is 1. The van der Waals surface area contributed by atoms with Crippen molar-refractivity contribution in [1.82, 2.24) is 14.7 Å². The van der Waals surface area contributed by atoms with Crippen molar-refractivity contribution in [3.8, 4) is 16.9 Å². The first-order chi connectivity index (χ1) is 10.7. The van der Waals surface area contributed by atoms with E-state index in [-0.39, 0.29) is 0 Å². The Bertz CT molecular complexity index is 779. The molecule has 1 atom stereocenters. The van der Waals surface area contributed by atoms with Gasteiger partial charge in [-0.05, 0) is 43.3 Å². The molecular weight excluding hydrogens is 274 g/mol. The lowest BCUT2D eigenvalue weighted by molar-refractivity contribution is 0.416. The zero-order valence-electron chi connectivity index (χ0n) is 13.2. The van der Waals surface area contributed by atoms with Crippen LogP contribution in [-0.2, 0) is 0 Å². The smallest absolute Gasteiger partial charge is 0.136 e. The van der Waals surface area contributed by atoms with Crippen LogP contribution < -0.4 is 10.1 Å². The number of imidazole rings is 1. The van der Waals surface area contributed by atoms with Crippen LogP contribution in [0.1, 0.15) is 25.5 Å². The van der Waals surface area contributed by atoms with Gasteiger partial charge >= 0.3 is 0 Å². The maximum Gasteiger partial charge on any atom is 0.136 e.